The molecule has 6 aliphatic heterocycles. The van der Waals surface area contributed by atoms with Crippen LogP contribution in [0.25, 0.3) is 0 Å². The highest BCUT2D eigenvalue weighted by Crippen LogP contribution is 2.44. The number of hydrogen-bond acceptors (Lipinski definition) is 54. The molecule has 656 valence electrons. The average Bonchev–Trinajstić information content (AvgIpc) is 0.761. The predicted octanol–water partition coefficient (Wildman–Crippen LogP) is -3.82. The number of hydrogen-bond donors (Lipinski definition) is 8. The van der Waals surface area contributed by atoms with Crippen molar-refractivity contribution in [2.45, 2.75) is 183 Å². The third kappa shape index (κ3) is 28.1. The quantitative estimate of drug-likeness (QED) is 0.00951. The van der Waals surface area contributed by atoms with Gasteiger partial charge in [0.15, 0.2) is 98.0 Å². The lowest BCUT2D eigenvalue weighted by Crippen LogP contribution is -2.69. The Hall–Kier alpha value is -0.840. The lowest BCUT2D eigenvalue weighted by atomic mass is 9.94. The van der Waals surface area contributed by atoms with Crippen molar-refractivity contribution >= 4 is 89.6 Å². The molecular weight excluding hydrogens is 1710 g/mol. The van der Waals surface area contributed by atoms with Gasteiger partial charge in [-0.15, -0.1) is 17.3 Å². The second kappa shape index (κ2) is 48.0. The van der Waals surface area contributed by atoms with E-state index in [1.165, 1.54) is 71.1 Å². The van der Waals surface area contributed by atoms with Crippen molar-refractivity contribution < 1.29 is 253 Å². The van der Waals surface area contributed by atoms with Crippen LogP contribution in [0, 0.1) is 0 Å². The van der Waals surface area contributed by atoms with Gasteiger partial charge in [0, 0.05) is 85.3 Å². The summed E-state index contributed by atoms with van der Waals surface area (Å²) in [6.45, 7) is -5.14. The van der Waals surface area contributed by atoms with Crippen molar-refractivity contribution in [1.82, 2.24) is 0 Å². The Morgan fingerprint density at radius 2 is 0.568 bits per heavy atom. The third-order valence-electron chi connectivity index (χ3n) is 16.7. The first kappa shape index (κ1) is 99.0. The molecule has 0 spiro atoms. The van der Waals surface area contributed by atoms with Gasteiger partial charge in [0.05, 0.1) is 39.6 Å². The summed E-state index contributed by atoms with van der Waals surface area (Å²) in [5.41, 5.74) is 0. The van der Waals surface area contributed by atoms with E-state index in [1.807, 2.05) is 0 Å². The number of ether oxygens (including phenoxy) is 23. The lowest BCUT2D eigenvalue weighted by Gasteiger charge is -2.52. The molecule has 6 aliphatic rings. The van der Waals surface area contributed by atoms with E-state index in [9.17, 15) is 61.3 Å². The highest BCUT2D eigenvalue weighted by atomic mass is 32.3. The Morgan fingerprint density at radius 1 is 0.297 bits per heavy atom. The molecule has 111 heavy (non-hydrogen) atoms. The Balaban J connectivity index is 1.41. The van der Waals surface area contributed by atoms with Crippen LogP contribution in [-0.4, -0.2) is 385 Å². The molecule has 0 bridgehead atoms. The lowest BCUT2D eigenvalue weighted by molar-refractivity contribution is -0.437. The Bertz CT molecular complexity index is 3150. The predicted molar refractivity (Wildman–Crippen MR) is 343 cm³/mol. The molecule has 0 amide bonds. The summed E-state index contributed by atoms with van der Waals surface area (Å²) >= 11 is -4.57. The van der Waals surface area contributed by atoms with Gasteiger partial charge in [0.2, 0.25) is 0 Å². The summed E-state index contributed by atoms with van der Waals surface area (Å²) in [5.74, 6) is 0. The fourth-order valence-electron chi connectivity index (χ4n) is 12.5. The van der Waals surface area contributed by atoms with E-state index in [1.54, 1.807) is 0 Å². The van der Waals surface area contributed by atoms with E-state index in [4.69, 9.17) is 146 Å². The average molecular weight is 1800 g/mol. The molecule has 8 N–H and O–H groups in total. The van der Waals surface area contributed by atoms with Gasteiger partial charge in [-0.2, -0.15) is 33.7 Å². The topological polar surface area (TPSA) is 666 Å². The van der Waals surface area contributed by atoms with Gasteiger partial charge in [-0.25, -0.2) is 42.0 Å². The fraction of sp³-hybridized carbons (Fsp3) is 1.00. The first-order valence-electron chi connectivity index (χ1n) is 31.0. The van der Waals surface area contributed by atoms with Crippen molar-refractivity contribution in [3.8, 4) is 0 Å². The summed E-state index contributed by atoms with van der Waals surface area (Å²) < 4.78 is 346. The van der Waals surface area contributed by atoms with Gasteiger partial charge in [-0.1, -0.05) is 20.2 Å². The van der Waals surface area contributed by atoms with Gasteiger partial charge in [0.1, 0.15) is 133 Å². The van der Waals surface area contributed by atoms with E-state index in [0.29, 0.717) is 0 Å². The van der Waals surface area contributed by atoms with Crippen LogP contribution in [0.4, 0.5) is 0 Å². The first-order valence-corrected chi connectivity index (χ1v) is 39.6. The van der Waals surface area contributed by atoms with Crippen molar-refractivity contribution in [1.29, 1.82) is 0 Å². The molecule has 6 heterocycles. The summed E-state index contributed by atoms with van der Waals surface area (Å²) in [5, 5.41) is 48.1. The van der Waals surface area contributed by atoms with Crippen molar-refractivity contribution in [3.63, 3.8) is 0 Å². The molecule has 6 saturated heterocycles. The molecule has 31 atom stereocenters. The minimum absolute atomic E-state index is 0.0100. The molecule has 13 unspecified atom stereocenters. The SMILES string of the molecule is COCC1O[C@@H](O[C@H]2C(OC)C(OC)[C@@H](O[C@H]3C(OC)C(OC)[C@H](OC)O[C@H]3COC)O[C@H]2COC)[C@@H](OC)C(OC)[C@@H]1O[C@@H]1OC(COS(=O)(=O)O)[C@@H](O[C@@H]2O[C@@H](COS(=O)(=O)O)[C@@H](O[C@H]3O[C@@H](COS(=O)(=O)O)[C@@H](S(=O)OOO)C(OSOOO)C3OSOOO)C(OSOOO)C2OS(=O)(=O)O)C(OC)[C@@H]1OC. The monoisotopic (exact) mass is 1800 g/mol. The molecular formula is C48H86O55S8. The van der Waals surface area contributed by atoms with Gasteiger partial charge in [-0.05, 0) is 0 Å². The van der Waals surface area contributed by atoms with Crippen LogP contribution < -0.4 is 0 Å². The molecule has 0 aromatic heterocycles. The summed E-state index contributed by atoms with van der Waals surface area (Å²) in [7, 11) is -7.25. The summed E-state index contributed by atoms with van der Waals surface area (Å²) in [6, 6.07) is 0. The van der Waals surface area contributed by atoms with Crippen molar-refractivity contribution in [2.24, 2.45) is 0 Å². The normalized spacial score (nSPS) is 37.8. The standard InChI is InChI=1S/C48H86O55S8/c1-66-13-19-25(30(69-4)36(73-8)43(77-12)81-19)87-44-37(74-9)31(70-5)26(20(82-44)14-67-2)88-45-38(75-10)32(71-6)27(21(83-45)15-68-3)89-46-39(76-11)33(72-7)28(22(84-46)16-78-108(54,55)56)90-48-41(95-111(63,64)65)34(92-104-100-96-49)29(23(85-48)17-79-109(57,58)59)91-47-40(94-106-102-98-51)35(93-105-101-97-50)42(107(53)103-99-52)24(86-47)18-80-110(60,61)62/h19-52H,13-18H2,1-12H3,(H,54,55,56)(H,57,58,59)(H,60,61,62)(H,63,64,65)/t19-,20-,21?,22?,23-,24-,25+,26+,27+,28+,29+,30?,31?,32?,33?,34?,35?,36?,37?,38-,39-,40?,41?,42+,43+,44+,45-,46-,47+,48-,107?/m0/s1. The zero-order valence-electron chi connectivity index (χ0n) is 59.6. The second-order valence-electron chi connectivity index (χ2n) is 22.8. The van der Waals surface area contributed by atoms with Crippen molar-refractivity contribution in [2.75, 3.05) is 125 Å². The van der Waals surface area contributed by atoms with E-state index in [2.05, 4.69) is 45.9 Å². The van der Waals surface area contributed by atoms with E-state index in [0.717, 1.165) is 14.2 Å². The van der Waals surface area contributed by atoms with Crippen LogP contribution in [0.2, 0.25) is 0 Å². The largest absolute Gasteiger partial charge is 0.397 e. The maximum Gasteiger partial charge on any atom is 0.397 e. The second-order valence-corrected chi connectivity index (χ2v) is 29.7. The zero-order valence-corrected chi connectivity index (χ0v) is 66.1. The van der Waals surface area contributed by atoms with Gasteiger partial charge >= 0.3 is 41.6 Å². The van der Waals surface area contributed by atoms with Crippen LogP contribution in [0.15, 0.2) is 0 Å². The highest BCUT2D eigenvalue weighted by Gasteiger charge is 2.62. The summed E-state index contributed by atoms with van der Waals surface area (Å²) in [4.78, 5) is 0. The van der Waals surface area contributed by atoms with Crippen LogP contribution >= 0.6 is 37.0 Å². The molecule has 0 aromatic rings. The molecule has 0 aromatic carbocycles. The molecule has 63 heteroatoms. The first-order chi connectivity index (χ1) is 52.8. The van der Waals surface area contributed by atoms with Crippen LogP contribution in [0.3, 0.4) is 0 Å². The molecule has 0 aliphatic carbocycles. The maximum atomic E-state index is 13.6. The van der Waals surface area contributed by atoms with E-state index in [-0.39, 0.29) is 19.8 Å². The molecule has 6 fully saturated rings. The molecule has 0 radical (unpaired) electrons. The number of methoxy groups -OCH3 is 12. The fourth-order valence-corrected chi connectivity index (χ4v) is 16.1. The third-order valence-corrected chi connectivity index (χ3v) is 21.0. The molecule has 55 nitrogen and oxygen atoms in total. The zero-order chi connectivity index (χ0) is 82.1. The Morgan fingerprint density at radius 3 is 0.865 bits per heavy atom. The Kier molecular flexibility index (Phi) is 42.8. The van der Waals surface area contributed by atoms with Gasteiger partial charge < -0.3 is 109 Å². The van der Waals surface area contributed by atoms with Gasteiger partial charge in [0.25, 0.3) is 0 Å². The van der Waals surface area contributed by atoms with Crippen LogP contribution in [0.1, 0.15) is 0 Å². The van der Waals surface area contributed by atoms with Crippen LogP contribution in [0.5, 0.6) is 0 Å². The van der Waals surface area contributed by atoms with Crippen LogP contribution in [-0.2, 0) is 228 Å². The minimum atomic E-state index is -6.04. The van der Waals surface area contributed by atoms with E-state index < -0.39 is 293 Å². The Labute approximate surface area is 647 Å². The van der Waals surface area contributed by atoms with E-state index >= 15 is 0 Å². The van der Waals surface area contributed by atoms with Crippen molar-refractivity contribution in [3.05, 3.63) is 0 Å². The smallest absolute Gasteiger partial charge is 0.382 e. The van der Waals surface area contributed by atoms with Gasteiger partial charge in [-0.3, -0.25) is 30.8 Å². The maximum absolute atomic E-state index is 13.6. The molecule has 0 saturated carbocycles. The number of rotatable bonds is 51. The summed E-state index contributed by atoms with van der Waals surface area (Å²) in [6.07, 6.45) is -50.2. The minimum Gasteiger partial charge on any atom is -0.382 e. The highest BCUT2D eigenvalue weighted by molar-refractivity contribution is 7.90. The molecule has 6 rings (SSSR count).